The molecular formula is C49H97O10P. The van der Waals surface area contributed by atoms with E-state index < -0.39 is 51.8 Å². The molecule has 3 atom stereocenters. The fraction of sp³-hybridized carbons (Fsp3) is 0.959. The highest BCUT2D eigenvalue weighted by Gasteiger charge is 2.27. The second-order valence-corrected chi connectivity index (χ2v) is 19.0. The van der Waals surface area contributed by atoms with E-state index in [0.29, 0.717) is 12.8 Å². The molecule has 0 aliphatic carbocycles. The van der Waals surface area contributed by atoms with Crippen molar-refractivity contribution < 1.29 is 47.8 Å². The number of rotatable bonds is 49. The number of carbonyl (C=O) groups excluding carboxylic acids is 2. The normalized spacial score (nSPS) is 13.6. The second-order valence-electron chi connectivity index (χ2n) is 17.6. The average molecular weight is 877 g/mol. The monoisotopic (exact) mass is 877 g/mol. The third kappa shape index (κ3) is 45.0. The van der Waals surface area contributed by atoms with Gasteiger partial charge >= 0.3 is 19.8 Å². The van der Waals surface area contributed by atoms with Gasteiger partial charge in [-0.1, -0.05) is 239 Å². The van der Waals surface area contributed by atoms with Crippen molar-refractivity contribution in [1.29, 1.82) is 0 Å². The Hall–Kier alpha value is -1.03. The summed E-state index contributed by atoms with van der Waals surface area (Å²) < 4.78 is 32.9. The predicted molar refractivity (Wildman–Crippen MR) is 247 cm³/mol. The summed E-state index contributed by atoms with van der Waals surface area (Å²) in [5, 5.41) is 18.4. The molecule has 0 aromatic heterocycles. The minimum atomic E-state index is -4.61. The van der Waals surface area contributed by atoms with Crippen molar-refractivity contribution in [2.24, 2.45) is 0 Å². The van der Waals surface area contributed by atoms with E-state index in [9.17, 15) is 24.2 Å². The molecule has 0 aromatic rings. The first-order chi connectivity index (χ1) is 29.2. The van der Waals surface area contributed by atoms with Crippen LogP contribution in [0.1, 0.15) is 264 Å². The third-order valence-electron chi connectivity index (χ3n) is 11.5. The lowest BCUT2D eigenvalue weighted by molar-refractivity contribution is -0.161. The van der Waals surface area contributed by atoms with Gasteiger partial charge in [-0.2, -0.15) is 0 Å². The standard InChI is InChI=1S/C49H97O10P/c1-3-5-7-9-11-13-15-17-19-20-21-22-23-24-25-27-28-30-32-34-36-38-40-48(52)56-44-47(45-58-60(54,55)57-43-46(51)42-50)59-49(53)41-39-37-35-33-31-29-26-18-16-14-12-10-8-6-4-2/h46-47,50-51H,3-45H2,1-2H3,(H,54,55)/t46-,47-/m1/s1. The highest BCUT2D eigenvalue weighted by molar-refractivity contribution is 7.47. The highest BCUT2D eigenvalue weighted by atomic mass is 31.2. The van der Waals surface area contributed by atoms with Crippen LogP contribution in [0.4, 0.5) is 0 Å². The van der Waals surface area contributed by atoms with Crippen molar-refractivity contribution in [3.63, 3.8) is 0 Å². The maximum atomic E-state index is 12.6. The molecule has 0 saturated heterocycles. The summed E-state index contributed by atoms with van der Waals surface area (Å²) in [6.45, 7) is 2.45. The Labute approximate surface area is 369 Å². The maximum Gasteiger partial charge on any atom is 0.472 e. The quantitative estimate of drug-likeness (QED) is 0.0306. The number of phosphoric ester groups is 1. The van der Waals surface area contributed by atoms with E-state index in [1.165, 1.54) is 193 Å². The molecule has 0 radical (unpaired) electrons. The summed E-state index contributed by atoms with van der Waals surface area (Å²) in [4.78, 5) is 35.1. The number of carbonyl (C=O) groups is 2. The van der Waals surface area contributed by atoms with E-state index >= 15 is 0 Å². The topological polar surface area (TPSA) is 149 Å². The Bertz CT molecular complexity index is 966. The lowest BCUT2D eigenvalue weighted by Gasteiger charge is -2.20. The number of unbranched alkanes of at least 4 members (excludes halogenated alkanes) is 35. The maximum absolute atomic E-state index is 12.6. The van der Waals surface area contributed by atoms with Gasteiger partial charge < -0.3 is 24.6 Å². The Morgan fingerprint density at radius 2 is 0.717 bits per heavy atom. The van der Waals surface area contributed by atoms with Crippen LogP contribution in [0.5, 0.6) is 0 Å². The second kappa shape index (κ2) is 46.0. The molecule has 0 amide bonds. The molecule has 0 fully saturated rings. The molecule has 3 N–H and O–H groups in total. The molecule has 10 nitrogen and oxygen atoms in total. The first-order valence-electron chi connectivity index (χ1n) is 25.5. The molecule has 0 heterocycles. The van der Waals surface area contributed by atoms with Crippen LogP contribution in [-0.2, 0) is 32.7 Å². The summed E-state index contributed by atoms with van der Waals surface area (Å²) in [5.41, 5.74) is 0. The van der Waals surface area contributed by atoms with Crippen LogP contribution in [0, 0.1) is 0 Å². The Morgan fingerprint density at radius 3 is 1.03 bits per heavy atom. The van der Waals surface area contributed by atoms with Gasteiger partial charge in [0.05, 0.1) is 19.8 Å². The Morgan fingerprint density at radius 1 is 0.433 bits per heavy atom. The summed E-state index contributed by atoms with van der Waals surface area (Å²) in [5.74, 6) is -0.903. The largest absolute Gasteiger partial charge is 0.472 e. The molecule has 0 saturated carbocycles. The van der Waals surface area contributed by atoms with Crippen molar-refractivity contribution >= 4 is 19.8 Å². The van der Waals surface area contributed by atoms with Crippen molar-refractivity contribution in [2.45, 2.75) is 276 Å². The number of hydrogen-bond donors (Lipinski definition) is 3. The van der Waals surface area contributed by atoms with E-state index in [1.54, 1.807) is 0 Å². The van der Waals surface area contributed by atoms with Gasteiger partial charge in [0.25, 0.3) is 0 Å². The first-order valence-corrected chi connectivity index (χ1v) is 27.0. The lowest BCUT2D eigenvalue weighted by atomic mass is 10.0. The molecule has 11 heteroatoms. The SMILES string of the molecule is CCCCCCCCCCCCCCCCCCCCCCCCC(=O)OC[C@H](COP(=O)(O)OC[C@H](O)CO)OC(=O)CCCCCCCCCCCCCCCCC. The van der Waals surface area contributed by atoms with Gasteiger partial charge in [0.2, 0.25) is 0 Å². The number of esters is 2. The number of ether oxygens (including phenoxy) is 2. The molecule has 0 aliphatic rings. The fourth-order valence-electron chi connectivity index (χ4n) is 7.59. The van der Waals surface area contributed by atoms with E-state index in [-0.39, 0.29) is 19.4 Å². The molecule has 0 spiro atoms. The zero-order valence-electron chi connectivity index (χ0n) is 39.2. The molecule has 1 unspecified atom stereocenters. The third-order valence-corrected chi connectivity index (χ3v) is 12.5. The number of hydrogen-bond acceptors (Lipinski definition) is 9. The number of phosphoric acid groups is 1. The van der Waals surface area contributed by atoms with Crippen molar-refractivity contribution in [2.75, 3.05) is 26.4 Å². The van der Waals surface area contributed by atoms with Crippen LogP contribution in [0.15, 0.2) is 0 Å². The molecule has 0 bridgehead atoms. The minimum Gasteiger partial charge on any atom is -0.462 e. The smallest absolute Gasteiger partial charge is 0.462 e. The van der Waals surface area contributed by atoms with Gasteiger partial charge in [-0.3, -0.25) is 18.6 Å². The van der Waals surface area contributed by atoms with Crippen molar-refractivity contribution in [3.05, 3.63) is 0 Å². The fourth-order valence-corrected chi connectivity index (χ4v) is 8.37. The summed E-state index contributed by atoms with van der Waals surface area (Å²) in [6, 6.07) is 0. The zero-order chi connectivity index (χ0) is 44.0. The van der Waals surface area contributed by atoms with Gasteiger partial charge in [0, 0.05) is 12.8 Å². The lowest BCUT2D eigenvalue weighted by Crippen LogP contribution is -2.29. The van der Waals surface area contributed by atoms with Crippen LogP contribution in [0.3, 0.4) is 0 Å². The molecule has 358 valence electrons. The predicted octanol–water partition coefficient (Wildman–Crippen LogP) is 14.2. The molecular weight excluding hydrogens is 780 g/mol. The molecule has 60 heavy (non-hydrogen) atoms. The molecule has 0 aliphatic heterocycles. The van der Waals surface area contributed by atoms with Crippen LogP contribution in [-0.4, -0.2) is 65.7 Å². The number of aliphatic hydroxyl groups excluding tert-OH is 2. The van der Waals surface area contributed by atoms with Gasteiger partial charge in [0.1, 0.15) is 12.7 Å². The van der Waals surface area contributed by atoms with Crippen LogP contribution >= 0.6 is 7.82 Å². The van der Waals surface area contributed by atoms with E-state index in [4.69, 9.17) is 23.6 Å². The summed E-state index contributed by atoms with van der Waals surface area (Å²) in [6.07, 6.45) is 45.0. The Kier molecular flexibility index (Phi) is 45.2. The zero-order valence-corrected chi connectivity index (χ0v) is 40.1. The van der Waals surface area contributed by atoms with E-state index in [2.05, 4.69) is 13.8 Å². The van der Waals surface area contributed by atoms with Crippen LogP contribution in [0.2, 0.25) is 0 Å². The van der Waals surface area contributed by atoms with E-state index in [0.717, 1.165) is 32.1 Å². The van der Waals surface area contributed by atoms with E-state index in [1.807, 2.05) is 0 Å². The average Bonchev–Trinajstić information content (AvgIpc) is 3.24. The number of aliphatic hydroxyl groups is 2. The van der Waals surface area contributed by atoms with Crippen molar-refractivity contribution in [1.82, 2.24) is 0 Å². The highest BCUT2D eigenvalue weighted by Crippen LogP contribution is 2.43. The Balaban J connectivity index is 4.09. The first kappa shape index (κ1) is 59.0. The van der Waals surface area contributed by atoms with Gasteiger partial charge in [-0.25, -0.2) is 4.57 Å². The minimum absolute atomic E-state index is 0.193. The molecule has 0 rings (SSSR count). The van der Waals surface area contributed by atoms with Crippen LogP contribution in [0.25, 0.3) is 0 Å². The van der Waals surface area contributed by atoms with Crippen molar-refractivity contribution in [3.8, 4) is 0 Å². The summed E-state index contributed by atoms with van der Waals surface area (Å²) >= 11 is 0. The van der Waals surface area contributed by atoms with Gasteiger partial charge in [-0.15, -0.1) is 0 Å². The van der Waals surface area contributed by atoms with Gasteiger partial charge in [0.15, 0.2) is 6.10 Å². The van der Waals surface area contributed by atoms with Gasteiger partial charge in [-0.05, 0) is 12.8 Å². The summed E-state index contributed by atoms with van der Waals surface area (Å²) in [7, 11) is -4.61. The van der Waals surface area contributed by atoms with Crippen LogP contribution < -0.4 is 0 Å². The molecule has 0 aromatic carbocycles.